The van der Waals surface area contributed by atoms with E-state index >= 15 is 0 Å². The first kappa shape index (κ1) is 17.6. The van der Waals surface area contributed by atoms with Crippen LogP contribution in [0.25, 0.3) is 5.52 Å². The molecule has 2 heterocycles. The second-order valence-electron chi connectivity index (χ2n) is 5.66. The van der Waals surface area contributed by atoms with Gasteiger partial charge in [0.15, 0.2) is 5.69 Å². The molecule has 0 saturated heterocycles. The van der Waals surface area contributed by atoms with Crippen LogP contribution in [-0.4, -0.2) is 41.5 Å². The molecule has 3 aromatic rings. The molecule has 0 aliphatic heterocycles. The molecule has 0 saturated carbocycles. The maximum Gasteiger partial charge on any atom is 0.287 e. The van der Waals surface area contributed by atoms with Crippen LogP contribution in [0.4, 0.5) is 0 Å². The Bertz CT molecular complexity index is 906. The van der Waals surface area contributed by atoms with E-state index in [-0.39, 0.29) is 23.3 Å². The summed E-state index contributed by atoms with van der Waals surface area (Å²) in [6.45, 7) is 1.16. The molecule has 3 rings (SSSR count). The molecule has 0 bridgehead atoms. The molecule has 134 valence electrons. The zero-order chi connectivity index (χ0) is 18.4. The lowest BCUT2D eigenvalue weighted by Crippen LogP contribution is -2.29. The number of nitrogens with zero attached hydrogens (tertiary/aromatic N) is 2. The van der Waals surface area contributed by atoms with Crippen molar-refractivity contribution in [1.29, 1.82) is 0 Å². The minimum atomic E-state index is -0.356. The second kappa shape index (κ2) is 8.26. The van der Waals surface area contributed by atoms with Crippen LogP contribution in [0.3, 0.4) is 0 Å². The quantitative estimate of drug-likeness (QED) is 0.633. The van der Waals surface area contributed by atoms with Gasteiger partial charge in [0.05, 0.1) is 12.1 Å². The van der Waals surface area contributed by atoms with E-state index in [4.69, 9.17) is 4.74 Å². The molecular formula is C19H20N4O3. The van der Waals surface area contributed by atoms with Crippen molar-refractivity contribution < 1.29 is 14.3 Å². The average molecular weight is 352 g/mol. The zero-order valence-corrected chi connectivity index (χ0v) is 14.4. The number of hydrogen-bond acceptors (Lipinski definition) is 4. The van der Waals surface area contributed by atoms with Crippen molar-refractivity contribution in [3.05, 3.63) is 71.8 Å². The first-order chi connectivity index (χ1) is 12.7. The van der Waals surface area contributed by atoms with E-state index in [1.807, 2.05) is 30.3 Å². The van der Waals surface area contributed by atoms with Gasteiger partial charge in [-0.05, 0) is 17.7 Å². The van der Waals surface area contributed by atoms with Gasteiger partial charge in [-0.1, -0.05) is 36.4 Å². The highest BCUT2D eigenvalue weighted by molar-refractivity contribution is 6.02. The molecule has 0 fully saturated rings. The first-order valence-corrected chi connectivity index (χ1v) is 8.27. The Morgan fingerprint density at radius 3 is 2.58 bits per heavy atom. The van der Waals surface area contributed by atoms with E-state index in [2.05, 4.69) is 15.6 Å². The number of hydrogen-bond donors (Lipinski definition) is 2. The van der Waals surface area contributed by atoms with Gasteiger partial charge in [-0.15, -0.1) is 0 Å². The van der Waals surface area contributed by atoms with Crippen LogP contribution in [0.2, 0.25) is 0 Å². The number of carbonyl (C=O) groups is 2. The number of fused-ring (bicyclic) bond motifs is 1. The molecule has 26 heavy (non-hydrogen) atoms. The topological polar surface area (TPSA) is 84.7 Å². The number of carbonyl (C=O) groups excluding carboxylic acids is 2. The molecule has 0 atom stereocenters. The number of aromatic nitrogens is 2. The second-order valence-corrected chi connectivity index (χ2v) is 5.66. The number of amides is 2. The summed E-state index contributed by atoms with van der Waals surface area (Å²) in [5, 5.41) is 5.57. The monoisotopic (exact) mass is 352 g/mol. The number of pyridine rings is 1. The van der Waals surface area contributed by atoms with Crippen LogP contribution in [0, 0.1) is 0 Å². The van der Waals surface area contributed by atoms with Crippen LogP contribution >= 0.6 is 0 Å². The third-order valence-corrected chi connectivity index (χ3v) is 3.85. The Morgan fingerprint density at radius 1 is 1.04 bits per heavy atom. The van der Waals surface area contributed by atoms with Crippen molar-refractivity contribution in [3.8, 4) is 0 Å². The average Bonchev–Trinajstić information content (AvgIpc) is 3.07. The number of methoxy groups -OCH3 is 1. The summed E-state index contributed by atoms with van der Waals surface area (Å²) in [7, 11) is 1.56. The van der Waals surface area contributed by atoms with Crippen LogP contribution < -0.4 is 10.6 Å². The van der Waals surface area contributed by atoms with E-state index in [1.165, 1.54) is 0 Å². The Hall–Kier alpha value is -3.19. The fraction of sp³-hybridized carbons (Fsp3) is 0.211. The predicted octanol–water partition coefficient (Wildman–Crippen LogP) is 1.64. The lowest BCUT2D eigenvalue weighted by molar-refractivity contribution is 0.0926. The molecule has 0 aliphatic carbocycles. The van der Waals surface area contributed by atoms with Crippen LogP contribution in [0.5, 0.6) is 0 Å². The fourth-order valence-corrected chi connectivity index (χ4v) is 2.57. The molecule has 7 nitrogen and oxygen atoms in total. The van der Waals surface area contributed by atoms with E-state index in [0.717, 1.165) is 5.56 Å². The Morgan fingerprint density at radius 2 is 1.81 bits per heavy atom. The standard InChI is InChI=1S/C19H20N4O3/c1-26-12-10-20-19(25)17-22-16(15-9-5-6-11-23(15)17)18(24)21-13-14-7-3-2-4-8-14/h2-9,11H,10,12-13H2,1H3,(H,20,25)(H,21,24). The summed E-state index contributed by atoms with van der Waals surface area (Å²) < 4.78 is 6.54. The molecule has 0 aliphatic rings. The Labute approximate surface area is 151 Å². The highest BCUT2D eigenvalue weighted by atomic mass is 16.5. The molecule has 1 aromatic carbocycles. The lowest BCUT2D eigenvalue weighted by atomic mass is 10.2. The van der Waals surface area contributed by atoms with E-state index in [1.54, 1.807) is 35.9 Å². The molecule has 2 amide bonds. The minimum absolute atomic E-state index is 0.168. The fourth-order valence-electron chi connectivity index (χ4n) is 2.57. The van der Waals surface area contributed by atoms with Crippen molar-refractivity contribution in [2.24, 2.45) is 0 Å². The van der Waals surface area contributed by atoms with E-state index in [0.29, 0.717) is 25.2 Å². The summed E-state index contributed by atoms with van der Waals surface area (Å²) >= 11 is 0. The molecule has 0 spiro atoms. The zero-order valence-electron chi connectivity index (χ0n) is 14.4. The molecule has 0 unspecified atom stereocenters. The van der Waals surface area contributed by atoms with Crippen LogP contribution in [0.1, 0.15) is 26.7 Å². The summed E-state index contributed by atoms with van der Waals surface area (Å²) in [6, 6.07) is 15.0. The van der Waals surface area contributed by atoms with Gasteiger partial charge in [0.1, 0.15) is 0 Å². The van der Waals surface area contributed by atoms with E-state index < -0.39 is 0 Å². The van der Waals surface area contributed by atoms with Gasteiger partial charge in [-0.25, -0.2) is 4.98 Å². The Balaban J connectivity index is 1.81. The SMILES string of the molecule is COCCNC(=O)c1nc(C(=O)NCc2ccccc2)c2ccccn12. The van der Waals surface area contributed by atoms with Crippen LogP contribution in [0.15, 0.2) is 54.7 Å². The normalized spacial score (nSPS) is 10.7. The number of benzene rings is 1. The first-order valence-electron chi connectivity index (χ1n) is 8.27. The van der Waals surface area contributed by atoms with Gasteiger partial charge in [0.25, 0.3) is 11.8 Å². The third kappa shape index (κ3) is 3.89. The lowest BCUT2D eigenvalue weighted by Gasteiger charge is -2.03. The van der Waals surface area contributed by atoms with Crippen molar-refractivity contribution >= 4 is 17.3 Å². The van der Waals surface area contributed by atoms with Gasteiger partial charge in [0, 0.05) is 26.4 Å². The van der Waals surface area contributed by atoms with Crippen molar-refractivity contribution in [2.75, 3.05) is 20.3 Å². The van der Waals surface area contributed by atoms with Gasteiger partial charge >= 0.3 is 0 Å². The van der Waals surface area contributed by atoms with Gasteiger partial charge in [0.2, 0.25) is 5.82 Å². The summed E-state index contributed by atoms with van der Waals surface area (Å²) in [4.78, 5) is 29.2. The number of rotatable bonds is 7. The highest BCUT2D eigenvalue weighted by Gasteiger charge is 2.21. The predicted molar refractivity (Wildman–Crippen MR) is 97.0 cm³/mol. The third-order valence-electron chi connectivity index (χ3n) is 3.85. The Kier molecular flexibility index (Phi) is 5.60. The van der Waals surface area contributed by atoms with Gasteiger partial charge in [-0.3, -0.25) is 14.0 Å². The summed E-state index contributed by atoms with van der Waals surface area (Å²) in [6.07, 6.45) is 1.71. The summed E-state index contributed by atoms with van der Waals surface area (Å²) in [5.74, 6) is -0.514. The van der Waals surface area contributed by atoms with E-state index in [9.17, 15) is 9.59 Å². The van der Waals surface area contributed by atoms with Crippen molar-refractivity contribution in [1.82, 2.24) is 20.0 Å². The summed E-state index contributed by atoms with van der Waals surface area (Å²) in [5.41, 5.74) is 1.79. The van der Waals surface area contributed by atoms with Crippen LogP contribution in [-0.2, 0) is 11.3 Å². The molecular weight excluding hydrogens is 332 g/mol. The van der Waals surface area contributed by atoms with Crippen molar-refractivity contribution in [2.45, 2.75) is 6.54 Å². The minimum Gasteiger partial charge on any atom is -0.383 e. The molecule has 7 heteroatoms. The van der Waals surface area contributed by atoms with Gasteiger partial charge < -0.3 is 15.4 Å². The maximum absolute atomic E-state index is 12.6. The largest absolute Gasteiger partial charge is 0.383 e. The van der Waals surface area contributed by atoms with Gasteiger partial charge in [-0.2, -0.15) is 0 Å². The van der Waals surface area contributed by atoms with Crippen molar-refractivity contribution in [3.63, 3.8) is 0 Å². The molecule has 2 N–H and O–H groups in total. The number of ether oxygens (including phenoxy) is 1. The molecule has 2 aromatic heterocycles. The molecule has 0 radical (unpaired) electrons. The highest BCUT2D eigenvalue weighted by Crippen LogP contribution is 2.13. The number of nitrogens with one attached hydrogen (secondary N) is 2. The number of imidazole rings is 1. The smallest absolute Gasteiger partial charge is 0.287 e. The maximum atomic E-state index is 12.6.